The van der Waals surface area contributed by atoms with Crippen LogP contribution in [0.25, 0.3) is 0 Å². The van der Waals surface area contributed by atoms with Gasteiger partial charge in [-0.3, -0.25) is 4.90 Å². The second-order valence-corrected chi connectivity index (χ2v) is 4.82. The van der Waals surface area contributed by atoms with Gasteiger partial charge in [0.05, 0.1) is 6.61 Å². The molecule has 0 radical (unpaired) electrons. The van der Waals surface area contributed by atoms with E-state index in [1.807, 2.05) is 13.8 Å². The van der Waals surface area contributed by atoms with Crippen LogP contribution in [-0.4, -0.2) is 63.3 Å². The molecular weight excluding hydrogens is 212 g/mol. The van der Waals surface area contributed by atoms with Crippen molar-refractivity contribution in [1.29, 1.82) is 0 Å². The lowest BCUT2D eigenvalue weighted by Crippen LogP contribution is -2.45. The number of hydrogen-bond acceptors (Lipinski definition) is 3. The molecule has 0 bridgehead atoms. The average molecular weight is 244 g/mol. The van der Waals surface area contributed by atoms with Crippen LogP contribution in [-0.2, 0) is 4.74 Å². The van der Waals surface area contributed by atoms with Crippen LogP contribution < -0.4 is 0 Å². The van der Waals surface area contributed by atoms with E-state index in [9.17, 15) is 0 Å². The van der Waals surface area contributed by atoms with Gasteiger partial charge in [0, 0.05) is 39.8 Å². The van der Waals surface area contributed by atoms with E-state index < -0.39 is 0 Å². The maximum atomic E-state index is 5.02. The second kappa shape index (κ2) is 11.0. The molecule has 3 heteroatoms. The number of ether oxygens (including phenoxy) is 1. The van der Waals surface area contributed by atoms with Gasteiger partial charge in [0.2, 0.25) is 0 Å². The highest BCUT2D eigenvalue weighted by Gasteiger charge is 2.13. The van der Waals surface area contributed by atoms with Gasteiger partial charge in [-0.15, -0.1) is 0 Å². The zero-order chi connectivity index (χ0) is 13.1. The van der Waals surface area contributed by atoms with Crippen molar-refractivity contribution in [3.8, 4) is 0 Å². The van der Waals surface area contributed by atoms with Crippen LogP contribution >= 0.6 is 0 Å². The summed E-state index contributed by atoms with van der Waals surface area (Å²) in [5, 5.41) is 0. The summed E-state index contributed by atoms with van der Waals surface area (Å²) in [7, 11) is 3.93. The quantitative estimate of drug-likeness (QED) is 0.758. The summed E-state index contributed by atoms with van der Waals surface area (Å²) in [6.45, 7) is 13.0. The fourth-order valence-corrected chi connectivity index (χ4v) is 1.46. The number of methoxy groups -OCH3 is 1. The molecule has 0 aromatic heterocycles. The smallest absolute Gasteiger partial charge is 0.0589 e. The summed E-state index contributed by atoms with van der Waals surface area (Å²) in [5.74, 6) is 1.08. The first-order chi connectivity index (χ1) is 8.22. The van der Waals surface area contributed by atoms with Gasteiger partial charge >= 0.3 is 0 Å². The van der Waals surface area contributed by atoms with Crippen LogP contribution in [0.2, 0.25) is 0 Å². The Balaban J connectivity index is 0.000000353. The maximum Gasteiger partial charge on any atom is 0.0589 e. The molecule has 0 aromatic rings. The molecule has 1 saturated heterocycles. The molecule has 0 amide bonds. The Bertz CT molecular complexity index is 150. The van der Waals surface area contributed by atoms with Crippen molar-refractivity contribution in [2.45, 2.75) is 33.6 Å². The summed E-state index contributed by atoms with van der Waals surface area (Å²) in [6, 6.07) is 0. The fraction of sp³-hybridized carbons (Fsp3) is 1.00. The highest BCUT2D eigenvalue weighted by molar-refractivity contribution is 4.68. The monoisotopic (exact) mass is 244 g/mol. The maximum absolute atomic E-state index is 5.02. The van der Waals surface area contributed by atoms with E-state index >= 15 is 0 Å². The summed E-state index contributed by atoms with van der Waals surface area (Å²) in [4.78, 5) is 4.81. The molecule has 104 valence electrons. The number of hydrogen-bond donors (Lipinski definition) is 0. The van der Waals surface area contributed by atoms with Crippen LogP contribution in [0.4, 0.5) is 0 Å². The van der Waals surface area contributed by atoms with Gasteiger partial charge in [-0.1, -0.05) is 33.6 Å². The van der Waals surface area contributed by atoms with Crippen molar-refractivity contribution < 1.29 is 4.74 Å². The van der Waals surface area contributed by atoms with Crippen molar-refractivity contribution >= 4 is 0 Å². The van der Waals surface area contributed by atoms with E-state index in [0.29, 0.717) is 0 Å². The molecule has 0 N–H and O–H groups in total. The Kier molecular flexibility index (Phi) is 10.9. The van der Waals surface area contributed by atoms with E-state index in [0.717, 1.165) is 19.1 Å². The van der Waals surface area contributed by atoms with Crippen molar-refractivity contribution in [1.82, 2.24) is 9.80 Å². The number of piperazine rings is 1. The lowest BCUT2D eigenvalue weighted by atomic mass is 10.3. The average Bonchev–Trinajstić information content (AvgIpc) is 3.14. The predicted octanol–water partition coefficient (Wildman–Crippen LogP) is 2.32. The highest BCUT2D eigenvalue weighted by Crippen LogP contribution is 2.26. The van der Waals surface area contributed by atoms with Crippen molar-refractivity contribution in [3.63, 3.8) is 0 Å². The second-order valence-electron chi connectivity index (χ2n) is 4.82. The molecule has 2 rings (SSSR count). The third kappa shape index (κ3) is 10.7. The minimum absolute atomic E-state index is 0.865. The zero-order valence-electron chi connectivity index (χ0n) is 12.5. The molecule has 0 unspecified atom stereocenters. The normalized spacial score (nSPS) is 21.0. The molecular formula is C14H32N2O. The lowest BCUT2D eigenvalue weighted by molar-refractivity contribution is 0.108. The van der Waals surface area contributed by atoms with Gasteiger partial charge in [0.15, 0.2) is 0 Å². The molecule has 17 heavy (non-hydrogen) atoms. The van der Waals surface area contributed by atoms with Crippen molar-refractivity contribution in [2.75, 3.05) is 53.5 Å². The Morgan fingerprint density at radius 2 is 1.53 bits per heavy atom. The van der Waals surface area contributed by atoms with Crippen LogP contribution in [0.3, 0.4) is 0 Å². The molecule has 2 aliphatic rings. The minimum Gasteiger partial charge on any atom is -0.383 e. The fourth-order valence-electron chi connectivity index (χ4n) is 1.46. The summed E-state index contributed by atoms with van der Waals surface area (Å²) >= 11 is 0. The van der Waals surface area contributed by atoms with Crippen molar-refractivity contribution in [3.05, 3.63) is 0 Å². The topological polar surface area (TPSA) is 15.7 Å². The Morgan fingerprint density at radius 1 is 1.06 bits per heavy atom. The van der Waals surface area contributed by atoms with Crippen LogP contribution in [0.1, 0.15) is 33.6 Å². The molecule has 3 nitrogen and oxygen atoms in total. The van der Waals surface area contributed by atoms with E-state index in [1.165, 1.54) is 39.0 Å². The molecule has 0 spiro atoms. The molecule has 1 aliphatic heterocycles. The molecule has 1 heterocycles. The van der Waals surface area contributed by atoms with E-state index in [2.05, 4.69) is 23.8 Å². The zero-order valence-corrected chi connectivity index (χ0v) is 12.5. The molecule has 2 fully saturated rings. The highest BCUT2D eigenvalue weighted by atomic mass is 16.5. The van der Waals surface area contributed by atoms with Gasteiger partial charge in [-0.2, -0.15) is 0 Å². The first-order valence-electron chi connectivity index (χ1n) is 7.12. The van der Waals surface area contributed by atoms with Crippen LogP contribution in [0.5, 0.6) is 0 Å². The van der Waals surface area contributed by atoms with E-state index in [-0.39, 0.29) is 0 Å². The Morgan fingerprint density at radius 3 is 1.88 bits per heavy atom. The van der Waals surface area contributed by atoms with Gasteiger partial charge in [0.25, 0.3) is 0 Å². The summed E-state index contributed by atoms with van der Waals surface area (Å²) < 4.78 is 5.02. The number of nitrogens with zero attached hydrogens (tertiary/aromatic N) is 2. The molecule has 1 aliphatic carbocycles. The largest absolute Gasteiger partial charge is 0.383 e. The standard InChI is InChI=1S/C8H18N2O.C4H8.C2H6/c1-9-3-5-10(6-4-9)7-8-11-2;1-4-2-3-4;1-2/h3-8H2,1-2H3;4H,2-3H2,1H3;1-2H3. The Hall–Kier alpha value is -0.120. The Labute approximate surface area is 108 Å². The number of rotatable bonds is 3. The third-order valence-corrected chi connectivity index (χ3v) is 3.07. The first-order valence-corrected chi connectivity index (χ1v) is 7.12. The minimum atomic E-state index is 0.865. The molecule has 1 saturated carbocycles. The van der Waals surface area contributed by atoms with Gasteiger partial charge < -0.3 is 9.64 Å². The van der Waals surface area contributed by atoms with E-state index in [4.69, 9.17) is 4.74 Å². The van der Waals surface area contributed by atoms with Crippen LogP contribution in [0.15, 0.2) is 0 Å². The summed E-state index contributed by atoms with van der Waals surface area (Å²) in [5.41, 5.74) is 0. The van der Waals surface area contributed by atoms with E-state index in [1.54, 1.807) is 7.11 Å². The SMILES string of the molecule is CC.CC1CC1.COCCN1CCN(C)CC1. The lowest BCUT2D eigenvalue weighted by Gasteiger charge is -2.31. The predicted molar refractivity (Wildman–Crippen MR) is 75.6 cm³/mol. The van der Waals surface area contributed by atoms with Gasteiger partial charge in [0.1, 0.15) is 0 Å². The molecule has 0 atom stereocenters. The number of likely N-dealkylation sites (N-methyl/N-ethyl adjacent to an activating group) is 1. The van der Waals surface area contributed by atoms with Gasteiger partial charge in [-0.25, -0.2) is 0 Å². The summed E-state index contributed by atoms with van der Waals surface area (Å²) in [6.07, 6.45) is 2.97. The van der Waals surface area contributed by atoms with Crippen LogP contribution in [0, 0.1) is 5.92 Å². The van der Waals surface area contributed by atoms with Gasteiger partial charge in [-0.05, 0) is 13.0 Å². The molecule has 0 aromatic carbocycles. The third-order valence-electron chi connectivity index (χ3n) is 3.07. The first kappa shape index (κ1) is 16.9. The van der Waals surface area contributed by atoms with Crippen molar-refractivity contribution in [2.24, 2.45) is 5.92 Å².